The molecule has 0 aromatic carbocycles. The average Bonchev–Trinajstić information content (AvgIpc) is 3.24. The SMILES string of the molecule is CCCN(C(=O)C1CC(=O)N(C2CCCC2)C1)C1CCNC1. The van der Waals surface area contributed by atoms with E-state index in [0.29, 0.717) is 25.0 Å². The molecule has 0 bridgehead atoms. The van der Waals surface area contributed by atoms with Gasteiger partial charge in [-0.05, 0) is 32.2 Å². The van der Waals surface area contributed by atoms with Crippen molar-refractivity contribution < 1.29 is 9.59 Å². The largest absolute Gasteiger partial charge is 0.339 e. The van der Waals surface area contributed by atoms with E-state index in [1.807, 2.05) is 4.90 Å². The van der Waals surface area contributed by atoms with Crippen molar-refractivity contribution in [2.45, 2.75) is 64.0 Å². The lowest BCUT2D eigenvalue weighted by molar-refractivity contribution is -0.137. The predicted octanol–water partition coefficient (Wildman–Crippen LogP) is 1.38. The van der Waals surface area contributed by atoms with Crippen molar-refractivity contribution in [3.05, 3.63) is 0 Å². The minimum atomic E-state index is -0.111. The van der Waals surface area contributed by atoms with Crippen LogP contribution in [0.15, 0.2) is 0 Å². The number of nitrogens with one attached hydrogen (secondary N) is 1. The molecule has 3 aliphatic rings. The van der Waals surface area contributed by atoms with Crippen LogP contribution in [0.25, 0.3) is 0 Å². The normalized spacial score (nSPS) is 29.5. The van der Waals surface area contributed by atoms with E-state index in [0.717, 1.165) is 45.3 Å². The van der Waals surface area contributed by atoms with E-state index in [4.69, 9.17) is 0 Å². The molecule has 1 aliphatic carbocycles. The highest BCUT2D eigenvalue weighted by atomic mass is 16.2. The van der Waals surface area contributed by atoms with Crippen LogP contribution >= 0.6 is 0 Å². The smallest absolute Gasteiger partial charge is 0.228 e. The van der Waals surface area contributed by atoms with Crippen LogP contribution in [0.1, 0.15) is 51.9 Å². The molecule has 3 fully saturated rings. The van der Waals surface area contributed by atoms with Crippen LogP contribution in [-0.2, 0) is 9.59 Å². The predicted molar refractivity (Wildman–Crippen MR) is 85.4 cm³/mol. The molecule has 2 saturated heterocycles. The molecule has 2 heterocycles. The molecule has 3 rings (SSSR count). The molecular formula is C17H29N3O2. The molecule has 0 spiro atoms. The summed E-state index contributed by atoms with van der Waals surface area (Å²) in [6, 6.07) is 0.723. The van der Waals surface area contributed by atoms with Crippen molar-refractivity contribution >= 4 is 11.8 Å². The summed E-state index contributed by atoms with van der Waals surface area (Å²) in [4.78, 5) is 29.3. The van der Waals surface area contributed by atoms with Crippen LogP contribution in [0.2, 0.25) is 0 Å². The Hall–Kier alpha value is -1.10. The number of rotatable bonds is 5. The van der Waals surface area contributed by atoms with Gasteiger partial charge >= 0.3 is 0 Å². The van der Waals surface area contributed by atoms with E-state index in [1.54, 1.807) is 0 Å². The molecule has 5 heteroatoms. The lowest BCUT2D eigenvalue weighted by atomic mass is 10.0. The standard InChI is InChI=1S/C17H29N3O2/c1-2-9-19(15-7-8-18-11-15)17(22)13-10-16(21)20(12-13)14-5-3-4-6-14/h13-15,18H,2-12H2,1H3. The minimum absolute atomic E-state index is 0.111. The number of amides is 2. The molecular weight excluding hydrogens is 278 g/mol. The topological polar surface area (TPSA) is 52.7 Å². The third-order valence-electron chi connectivity index (χ3n) is 5.50. The van der Waals surface area contributed by atoms with Gasteiger partial charge in [0.05, 0.1) is 5.92 Å². The summed E-state index contributed by atoms with van der Waals surface area (Å²) < 4.78 is 0. The first-order chi connectivity index (χ1) is 10.7. The Balaban J connectivity index is 1.64. The summed E-state index contributed by atoms with van der Waals surface area (Å²) in [5, 5.41) is 3.35. The minimum Gasteiger partial charge on any atom is -0.339 e. The number of hydrogen-bond donors (Lipinski definition) is 1. The molecule has 124 valence electrons. The fourth-order valence-electron chi connectivity index (χ4n) is 4.32. The van der Waals surface area contributed by atoms with Crippen molar-refractivity contribution in [3.8, 4) is 0 Å². The van der Waals surface area contributed by atoms with Crippen LogP contribution in [0.5, 0.6) is 0 Å². The summed E-state index contributed by atoms with van der Waals surface area (Å²) in [5.74, 6) is 0.302. The molecule has 22 heavy (non-hydrogen) atoms. The highest BCUT2D eigenvalue weighted by Crippen LogP contribution is 2.30. The van der Waals surface area contributed by atoms with Crippen molar-refractivity contribution in [1.29, 1.82) is 0 Å². The maximum atomic E-state index is 12.9. The van der Waals surface area contributed by atoms with Crippen LogP contribution in [-0.4, -0.2) is 59.9 Å². The van der Waals surface area contributed by atoms with Gasteiger partial charge in [0.15, 0.2) is 0 Å². The van der Waals surface area contributed by atoms with Crippen LogP contribution in [0, 0.1) is 5.92 Å². The lowest BCUT2D eigenvalue weighted by Crippen LogP contribution is -2.46. The van der Waals surface area contributed by atoms with E-state index in [1.165, 1.54) is 12.8 Å². The quantitative estimate of drug-likeness (QED) is 0.835. The van der Waals surface area contributed by atoms with Crippen molar-refractivity contribution in [2.24, 2.45) is 5.92 Å². The van der Waals surface area contributed by atoms with Crippen LogP contribution < -0.4 is 5.32 Å². The molecule has 1 saturated carbocycles. The number of carbonyl (C=O) groups is 2. The Morgan fingerprint density at radius 2 is 2.09 bits per heavy atom. The second kappa shape index (κ2) is 6.99. The zero-order valence-electron chi connectivity index (χ0n) is 13.7. The third kappa shape index (κ3) is 3.14. The van der Waals surface area contributed by atoms with E-state index in [2.05, 4.69) is 17.1 Å². The first kappa shape index (κ1) is 15.8. The van der Waals surface area contributed by atoms with Gasteiger partial charge < -0.3 is 15.1 Å². The fraction of sp³-hybridized carbons (Fsp3) is 0.882. The van der Waals surface area contributed by atoms with Gasteiger partial charge in [-0.15, -0.1) is 0 Å². The van der Waals surface area contributed by atoms with E-state index in [-0.39, 0.29) is 17.7 Å². The molecule has 1 N–H and O–H groups in total. The summed E-state index contributed by atoms with van der Waals surface area (Å²) in [6.07, 6.45) is 7.14. The van der Waals surface area contributed by atoms with Gasteiger partial charge in [-0.3, -0.25) is 9.59 Å². The Bertz CT molecular complexity index is 414. The molecule has 2 aliphatic heterocycles. The second-order valence-corrected chi connectivity index (χ2v) is 7.06. The number of hydrogen-bond acceptors (Lipinski definition) is 3. The average molecular weight is 307 g/mol. The fourth-order valence-corrected chi connectivity index (χ4v) is 4.32. The van der Waals surface area contributed by atoms with E-state index in [9.17, 15) is 9.59 Å². The van der Waals surface area contributed by atoms with Crippen molar-refractivity contribution in [1.82, 2.24) is 15.1 Å². The lowest BCUT2D eigenvalue weighted by Gasteiger charge is -2.31. The molecule has 0 aromatic heterocycles. The Kier molecular flexibility index (Phi) is 5.01. The van der Waals surface area contributed by atoms with Crippen LogP contribution in [0.4, 0.5) is 0 Å². The van der Waals surface area contributed by atoms with Crippen molar-refractivity contribution in [3.63, 3.8) is 0 Å². The Morgan fingerprint density at radius 3 is 2.73 bits per heavy atom. The van der Waals surface area contributed by atoms with Crippen LogP contribution in [0.3, 0.4) is 0 Å². The highest BCUT2D eigenvalue weighted by Gasteiger charge is 2.41. The van der Waals surface area contributed by atoms with Gasteiger partial charge in [0.25, 0.3) is 0 Å². The van der Waals surface area contributed by atoms with E-state index < -0.39 is 0 Å². The third-order valence-corrected chi connectivity index (χ3v) is 5.50. The van der Waals surface area contributed by atoms with Gasteiger partial charge in [0.2, 0.25) is 11.8 Å². The number of likely N-dealkylation sites (tertiary alicyclic amines) is 1. The number of carbonyl (C=O) groups excluding carboxylic acids is 2. The van der Waals surface area contributed by atoms with Gasteiger partial charge in [0, 0.05) is 38.1 Å². The summed E-state index contributed by atoms with van der Waals surface area (Å²) >= 11 is 0. The second-order valence-electron chi connectivity index (χ2n) is 7.06. The first-order valence-corrected chi connectivity index (χ1v) is 9.01. The molecule has 0 radical (unpaired) electrons. The molecule has 0 aromatic rings. The first-order valence-electron chi connectivity index (χ1n) is 9.01. The highest BCUT2D eigenvalue weighted by molar-refractivity contribution is 5.89. The van der Waals surface area contributed by atoms with Gasteiger partial charge in [-0.2, -0.15) is 0 Å². The van der Waals surface area contributed by atoms with Crippen molar-refractivity contribution in [2.75, 3.05) is 26.2 Å². The number of nitrogens with zero attached hydrogens (tertiary/aromatic N) is 2. The zero-order valence-corrected chi connectivity index (χ0v) is 13.7. The zero-order chi connectivity index (χ0) is 15.5. The molecule has 5 nitrogen and oxygen atoms in total. The molecule has 2 unspecified atom stereocenters. The Morgan fingerprint density at radius 1 is 1.32 bits per heavy atom. The summed E-state index contributed by atoms with van der Waals surface area (Å²) in [5.41, 5.74) is 0. The van der Waals surface area contributed by atoms with Gasteiger partial charge in [-0.1, -0.05) is 19.8 Å². The summed E-state index contributed by atoms with van der Waals surface area (Å²) in [7, 11) is 0. The summed E-state index contributed by atoms with van der Waals surface area (Å²) in [6.45, 7) is 5.49. The van der Waals surface area contributed by atoms with E-state index >= 15 is 0 Å². The maximum absolute atomic E-state index is 12.9. The molecule has 2 atom stereocenters. The van der Waals surface area contributed by atoms with Gasteiger partial charge in [-0.25, -0.2) is 0 Å². The monoisotopic (exact) mass is 307 g/mol. The maximum Gasteiger partial charge on any atom is 0.228 e. The molecule has 2 amide bonds. The Labute approximate surface area is 133 Å². The van der Waals surface area contributed by atoms with Gasteiger partial charge in [0.1, 0.15) is 0 Å².